The van der Waals surface area contributed by atoms with Crippen LogP contribution < -0.4 is 4.72 Å². The standard InChI is InChI=1S/C27H50N2O12S3/c1-42(31,32)15-14-40-25-16-21(7-12-38-25)27(30,19-28-43(2,33)34)22-8-13-39-26(17-22)41-23-4-9-29(44(3,35)36)24(18-23)20-5-10-37-11-6-20/h20-26,28,30H,4-19H2,1-3H3. The molecule has 0 radical (unpaired) electrons. The van der Waals surface area contributed by atoms with Crippen molar-refractivity contribution in [1.82, 2.24) is 9.03 Å². The average molecular weight is 691 g/mol. The summed E-state index contributed by atoms with van der Waals surface area (Å²) in [6.07, 6.45) is 5.98. The summed E-state index contributed by atoms with van der Waals surface area (Å²) in [7, 11) is -10.2. The van der Waals surface area contributed by atoms with Crippen molar-refractivity contribution in [2.45, 2.75) is 81.7 Å². The smallest absolute Gasteiger partial charge is 0.211 e. The molecule has 0 saturated carbocycles. The Balaban J connectivity index is 1.44. The molecule has 7 unspecified atom stereocenters. The number of sulfonamides is 2. The van der Waals surface area contributed by atoms with Gasteiger partial charge in [0.1, 0.15) is 9.84 Å². The summed E-state index contributed by atoms with van der Waals surface area (Å²) >= 11 is 0. The number of nitrogens with zero attached hydrogens (tertiary/aromatic N) is 1. The molecule has 4 fully saturated rings. The first kappa shape index (κ1) is 36.4. The van der Waals surface area contributed by atoms with E-state index < -0.39 is 54.0 Å². The molecule has 0 amide bonds. The van der Waals surface area contributed by atoms with Crippen LogP contribution in [0.1, 0.15) is 51.4 Å². The Bertz CT molecular complexity index is 1260. The number of aliphatic hydroxyl groups is 1. The molecule has 0 aliphatic carbocycles. The number of hydrogen-bond acceptors (Lipinski definition) is 12. The molecule has 14 nitrogen and oxygen atoms in total. The highest BCUT2D eigenvalue weighted by Crippen LogP contribution is 2.42. The van der Waals surface area contributed by atoms with E-state index in [1.54, 1.807) is 4.31 Å². The second-order valence-electron chi connectivity index (χ2n) is 12.8. The highest BCUT2D eigenvalue weighted by atomic mass is 32.2. The van der Waals surface area contributed by atoms with Crippen LogP contribution in [0, 0.1) is 17.8 Å². The van der Waals surface area contributed by atoms with Gasteiger partial charge in [-0.3, -0.25) is 0 Å². The van der Waals surface area contributed by atoms with Crippen molar-refractivity contribution in [3.8, 4) is 0 Å². The quantitative estimate of drug-likeness (QED) is 0.266. The third-order valence-corrected chi connectivity index (χ3v) is 12.3. The third-order valence-electron chi connectivity index (χ3n) is 9.41. The van der Waals surface area contributed by atoms with Crippen molar-refractivity contribution in [1.29, 1.82) is 0 Å². The van der Waals surface area contributed by atoms with Gasteiger partial charge in [-0.15, -0.1) is 0 Å². The summed E-state index contributed by atoms with van der Waals surface area (Å²) in [5.74, 6) is -0.751. The zero-order chi connectivity index (χ0) is 32.2. The summed E-state index contributed by atoms with van der Waals surface area (Å²) in [4.78, 5) is 0. The number of ether oxygens (including phenoxy) is 5. The first-order valence-corrected chi connectivity index (χ1v) is 21.2. The molecule has 0 aromatic heterocycles. The van der Waals surface area contributed by atoms with Crippen LogP contribution in [-0.2, 0) is 53.6 Å². The first-order chi connectivity index (χ1) is 20.5. The summed E-state index contributed by atoms with van der Waals surface area (Å²) in [5, 5.41) is 12.2. The predicted molar refractivity (Wildman–Crippen MR) is 161 cm³/mol. The molecule has 0 aromatic rings. The predicted octanol–water partition coefficient (Wildman–Crippen LogP) is 0.0691. The number of piperidine rings is 1. The Hall–Kier alpha value is -0.470. The van der Waals surface area contributed by atoms with Crippen molar-refractivity contribution in [3.63, 3.8) is 0 Å². The molecule has 0 bridgehead atoms. The molecule has 258 valence electrons. The van der Waals surface area contributed by atoms with E-state index in [1.165, 1.54) is 6.26 Å². The number of hydrogen-bond donors (Lipinski definition) is 2. The van der Waals surface area contributed by atoms with Gasteiger partial charge in [0.25, 0.3) is 0 Å². The SMILES string of the molecule is CS(=O)(=O)CCOC1CC(C(O)(CNS(C)(=O)=O)C2CCOC(OC3CCN(S(C)(=O)=O)C(C4CCOCC4)C3)C2)CCO1. The molecule has 44 heavy (non-hydrogen) atoms. The van der Waals surface area contributed by atoms with Gasteiger partial charge < -0.3 is 28.8 Å². The normalized spacial score (nSPS) is 33.5. The lowest BCUT2D eigenvalue weighted by molar-refractivity contribution is -0.239. The van der Waals surface area contributed by atoms with Crippen molar-refractivity contribution < 1.29 is 54.0 Å². The lowest BCUT2D eigenvalue weighted by Gasteiger charge is -2.48. The fraction of sp³-hybridized carbons (Fsp3) is 1.00. The van der Waals surface area contributed by atoms with Gasteiger partial charge in [-0.05, 0) is 56.3 Å². The summed E-state index contributed by atoms with van der Waals surface area (Å²) < 4.78 is 106. The van der Waals surface area contributed by atoms with Gasteiger partial charge in [0.2, 0.25) is 20.0 Å². The Kier molecular flexibility index (Phi) is 12.5. The number of sulfone groups is 1. The van der Waals surface area contributed by atoms with E-state index in [2.05, 4.69) is 4.72 Å². The van der Waals surface area contributed by atoms with Gasteiger partial charge in [0, 0.05) is 51.4 Å². The maximum atomic E-state index is 12.6. The minimum absolute atomic E-state index is 0.0452. The topological polar surface area (TPSA) is 184 Å². The summed E-state index contributed by atoms with van der Waals surface area (Å²) in [6, 6.07) is -0.190. The van der Waals surface area contributed by atoms with Gasteiger partial charge in [-0.1, -0.05) is 0 Å². The van der Waals surface area contributed by atoms with E-state index in [1.807, 2.05) is 0 Å². The molecule has 4 aliphatic heterocycles. The maximum Gasteiger partial charge on any atom is 0.211 e. The van der Waals surface area contributed by atoms with Crippen LogP contribution in [0.15, 0.2) is 0 Å². The molecular weight excluding hydrogens is 641 g/mol. The van der Waals surface area contributed by atoms with Crippen LogP contribution in [0.4, 0.5) is 0 Å². The first-order valence-electron chi connectivity index (χ1n) is 15.4. The van der Waals surface area contributed by atoms with Crippen molar-refractivity contribution in [2.75, 3.05) is 70.6 Å². The largest absolute Gasteiger partial charge is 0.388 e. The molecule has 0 spiro atoms. The average Bonchev–Trinajstić information content (AvgIpc) is 2.95. The second kappa shape index (κ2) is 15.2. The van der Waals surface area contributed by atoms with Crippen LogP contribution in [0.25, 0.3) is 0 Å². The van der Waals surface area contributed by atoms with E-state index in [0.29, 0.717) is 58.5 Å². The molecule has 7 atom stereocenters. The minimum Gasteiger partial charge on any atom is -0.388 e. The van der Waals surface area contributed by atoms with E-state index in [0.717, 1.165) is 25.4 Å². The van der Waals surface area contributed by atoms with Crippen molar-refractivity contribution in [2.24, 2.45) is 17.8 Å². The number of rotatable bonds is 13. The fourth-order valence-electron chi connectivity index (χ4n) is 7.06. The Morgan fingerprint density at radius 3 is 2.05 bits per heavy atom. The highest BCUT2D eigenvalue weighted by Gasteiger charge is 2.49. The van der Waals surface area contributed by atoms with Gasteiger partial charge >= 0.3 is 0 Å². The van der Waals surface area contributed by atoms with Gasteiger partial charge in [-0.25, -0.2) is 30.0 Å². The Morgan fingerprint density at radius 2 is 1.45 bits per heavy atom. The van der Waals surface area contributed by atoms with Crippen LogP contribution in [0.5, 0.6) is 0 Å². The Morgan fingerprint density at radius 1 is 0.841 bits per heavy atom. The maximum absolute atomic E-state index is 12.6. The van der Waals surface area contributed by atoms with E-state index in [4.69, 9.17) is 23.7 Å². The van der Waals surface area contributed by atoms with Crippen LogP contribution in [0.3, 0.4) is 0 Å². The van der Waals surface area contributed by atoms with Crippen LogP contribution >= 0.6 is 0 Å². The minimum atomic E-state index is -3.61. The zero-order valence-corrected chi connectivity index (χ0v) is 28.4. The zero-order valence-electron chi connectivity index (χ0n) is 26.0. The van der Waals surface area contributed by atoms with E-state index in [-0.39, 0.29) is 55.9 Å². The fourth-order valence-corrected chi connectivity index (χ4v) is 9.14. The summed E-state index contributed by atoms with van der Waals surface area (Å²) in [5.41, 5.74) is -1.47. The van der Waals surface area contributed by atoms with E-state index >= 15 is 0 Å². The molecule has 0 aromatic carbocycles. The highest BCUT2D eigenvalue weighted by molar-refractivity contribution is 7.90. The molecule has 4 heterocycles. The van der Waals surface area contributed by atoms with Gasteiger partial charge in [0.15, 0.2) is 12.6 Å². The summed E-state index contributed by atoms with van der Waals surface area (Å²) in [6.45, 7) is 1.89. The van der Waals surface area contributed by atoms with Crippen molar-refractivity contribution >= 4 is 29.9 Å². The molecule has 4 rings (SSSR count). The number of nitrogens with one attached hydrogen (secondary N) is 1. The lowest BCUT2D eigenvalue weighted by Crippen LogP contribution is -2.58. The second-order valence-corrected chi connectivity index (χ2v) is 18.8. The lowest BCUT2D eigenvalue weighted by atomic mass is 9.70. The monoisotopic (exact) mass is 690 g/mol. The third kappa shape index (κ3) is 10.5. The molecule has 4 saturated heterocycles. The van der Waals surface area contributed by atoms with Crippen LogP contribution in [0.2, 0.25) is 0 Å². The molecule has 2 N–H and O–H groups in total. The molecule has 4 aliphatic rings. The van der Waals surface area contributed by atoms with Gasteiger partial charge in [-0.2, -0.15) is 4.31 Å². The van der Waals surface area contributed by atoms with Crippen molar-refractivity contribution in [3.05, 3.63) is 0 Å². The van der Waals surface area contributed by atoms with E-state index in [9.17, 15) is 30.4 Å². The molecular formula is C27H50N2O12S3. The van der Waals surface area contributed by atoms with Gasteiger partial charge in [0.05, 0.1) is 49.8 Å². The molecule has 17 heteroatoms. The Labute approximate surface area is 262 Å². The van der Waals surface area contributed by atoms with Crippen LogP contribution in [-0.4, -0.2) is 136 Å².